The van der Waals surface area contributed by atoms with Gasteiger partial charge in [-0.05, 0) is 55.3 Å². The third kappa shape index (κ3) is 6.29. The molecular weight excluding hydrogens is 414 g/mol. The minimum absolute atomic E-state index is 0.129. The Hall–Kier alpha value is -2.41. The van der Waals surface area contributed by atoms with E-state index >= 15 is 0 Å². The van der Waals surface area contributed by atoms with Crippen molar-refractivity contribution in [1.29, 1.82) is 0 Å². The average molecular weight is 439 g/mol. The van der Waals surface area contributed by atoms with E-state index in [4.69, 9.17) is 9.66 Å². The molecule has 0 aliphatic heterocycles. The molecule has 3 atom stereocenters. The molecule has 2 aromatic carbocycles. The van der Waals surface area contributed by atoms with Crippen LogP contribution in [0.1, 0.15) is 11.1 Å². The largest absolute Gasteiger partial charge is 0.394 e. The highest BCUT2D eigenvalue weighted by atomic mass is 32.2. The van der Waals surface area contributed by atoms with Gasteiger partial charge in [0.1, 0.15) is 18.3 Å². The van der Waals surface area contributed by atoms with Crippen molar-refractivity contribution in [3.05, 3.63) is 53.6 Å². The van der Waals surface area contributed by atoms with Gasteiger partial charge in [-0.1, -0.05) is 17.4 Å². The van der Waals surface area contributed by atoms with Gasteiger partial charge in [-0.3, -0.25) is 4.55 Å². The smallest absolute Gasteiger partial charge is 0.294 e. The predicted molar refractivity (Wildman–Crippen MR) is 109 cm³/mol. The quantitative estimate of drug-likeness (QED) is 0.220. The molecule has 11 heteroatoms. The summed E-state index contributed by atoms with van der Waals surface area (Å²) in [5.41, 5.74) is 2.61. The molecule has 10 nitrogen and oxygen atoms in total. The van der Waals surface area contributed by atoms with Crippen LogP contribution in [0.15, 0.2) is 57.7 Å². The second kappa shape index (κ2) is 10.1. The van der Waals surface area contributed by atoms with Crippen LogP contribution in [0.5, 0.6) is 0 Å². The Morgan fingerprint density at radius 2 is 1.70 bits per heavy atom. The highest BCUT2D eigenvalue weighted by Gasteiger charge is 2.26. The number of rotatable bonds is 9. The summed E-state index contributed by atoms with van der Waals surface area (Å²) in [6.07, 6.45) is -4.64. The van der Waals surface area contributed by atoms with Gasteiger partial charge >= 0.3 is 0 Å². The van der Waals surface area contributed by atoms with Gasteiger partial charge in [0.15, 0.2) is 0 Å². The number of nitrogens with zero attached hydrogens (tertiary/aromatic N) is 3. The number of aliphatic hydroxyl groups is 4. The van der Waals surface area contributed by atoms with Gasteiger partial charge in [0.25, 0.3) is 10.1 Å². The zero-order chi connectivity index (χ0) is 22.5. The van der Waals surface area contributed by atoms with Crippen molar-refractivity contribution in [3.63, 3.8) is 0 Å². The van der Waals surface area contributed by atoms with Crippen LogP contribution in [0.25, 0.3) is 0 Å². The second-order valence-electron chi connectivity index (χ2n) is 6.82. The molecule has 2 rings (SSSR count). The van der Waals surface area contributed by atoms with Crippen LogP contribution in [0.3, 0.4) is 0 Å². The van der Waals surface area contributed by atoms with Crippen molar-refractivity contribution in [2.75, 3.05) is 18.2 Å². The Kier molecular flexibility index (Phi) is 8.01. The molecule has 0 spiro atoms. The Labute approximate surface area is 174 Å². The van der Waals surface area contributed by atoms with E-state index < -0.39 is 35.0 Å². The molecule has 0 aliphatic rings. The topological polar surface area (TPSA) is 163 Å². The summed E-state index contributed by atoms with van der Waals surface area (Å²) < 4.78 is 31.8. The Balaban J connectivity index is 2.36. The zero-order valence-electron chi connectivity index (χ0n) is 16.5. The first-order chi connectivity index (χ1) is 14.0. The van der Waals surface area contributed by atoms with E-state index in [1.54, 1.807) is 12.1 Å². The molecule has 0 unspecified atom stereocenters. The number of aliphatic hydroxyl groups excluding tert-OH is 4. The van der Waals surface area contributed by atoms with Crippen molar-refractivity contribution in [2.24, 2.45) is 10.3 Å². The van der Waals surface area contributed by atoms with Crippen LogP contribution in [0.2, 0.25) is 0 Å². The first-order valence-electron chi connectivity index (χ1n) is 9.02. The molecule has 0 amide bonds. The molecular formula is C19H25N3O7S. The summed E-state index contributed by atoms with van der Waals surface area (Å²) in [4.78, 5) is -0.349. The van der Waals surface area contributed by atoms with Crippen LogP contribution in [0, 0.1) is 13.8 Å². The number of benzene rings is 2. The van der Waals surface area contributed by atoms with Crippen molar-refractivity contribution < 1.29 is 33.4 Å². The summed E-state index contributed by atoms with van der Waals surface area (Å²) >= 11 is 0. The molecule has 0 aromatic heterocycles. The van der Waals surface area contributed by atoms with E-state index in [0.29, 0.717) is 5.69 Å². The van der Waals surface area contributed by atoms with E-state index in [1.807, 2.05) is 19.9 Å². The van der Waals surface area contributed by atoms with Crippen LogP contribution < -0.4 is 5.01 Å². The van der Waals surface area contributed by atoms with Crippen LogP contribution >= 0.6 is 0 Å². The monoisotopic (exact) mass is 439 g/mol. The fourth-order valence-corrected chi connectivity index (χ4v) is 3.06. The minimum Gasteiger partial charge on any atom is -0.394 e. The summed E-state index contributed by atoms with van der Waals surface area (Å²) in [6, 6.07) is 10.5. The molecule has 0 saturated carbocycles. The van der Waals surface area contributed by atoms with Crippen molar-refractivity contribution in [1.82, 2.24) is 0 Å². The summed E-state index contributed by atoms with van der Waals surface area (Å²) in [5.74, 6) is 0. The van der Waals surface area contributed by atoms with Crippen molar-refractivity contribution in [2.45, 2.75) is 37.1 Å². The van der Waals surface area contributed by atoms with Crippen LogP contribution in [-0.4, -0.2) is 64.9 Å². The van der Waals surface area contributed by atoms with Gasteiger partial charge in [-0.15, -0.1) is 5.11 Å². The first kappa shape index (κ1) is 23.9. The maximum Gasteiger partial charge on any atom is 0.294 e. The molecule has 2 aromatic rings. The summed E-state index contributed by atoms with van der Waals surface area (Å²) in [5, 5.41) is 48.0. The molecule has 30 heavy (non-hydrogen) atoms. The molecule has 0 bridgehead atoms. The summed E-state index contributed by atoms with van der Waals surface area (Å²) in [7, 11) is -4.41. The molecule has 0 radical (unpaired) electrons. The molecule has 5 N–H and O–H groups in total. The van der Waals surface area contributed by atoms with Crippen LogP contribution in [-0.2, 0) is 10.1 Å². The first-order valence-corrected chi connectivity index (χ1v) is 10.5. The van der Waals surface area contributed by atoms with E-state index in [-0.39, 0.29) is 17.1 Å². The number of hydrogen-bond donors (Lipinski definition) is 5. The van der Waals surface area contributed by atoms with Gasteiger partial charge in [-0.25, -0.2) is 5.01 Å². The van der Waals surface area contributed by atoms with Crippen molar-refractivity contribution >= 4 is 21.5 Å². The van der Waals surface area contributed by atoms with Gasteiger partial charge in [0, 0.05) is 0 Å². The number of aryl methyl sites for hydroxylation is 2. The lowest BCUT2D eigenvalue weighted by molar-refractivity contribution is -0.0732. The fraction of sp³-hybridized carbons (Fsp3) is 0.368. The van der Waals surface area contributed by atoms with E-state index in [1.165, 1.54) is 23.2 Å². The lowest BCUT2D eigenvalue weighted by atomic mass is 10.1. The van der Waals surface area contributed by atoms with Crippen molar-refractivity contribution in [3.8, 4) is 0 Å². The SMILES string of the molecule is Cc1ccc(N(C[C@@H](O)[C@@H](O)[C@@H](O)CO)N=Nc2cccc(S(=O)(=O)O)c2)cc1C. The van der Waals surface area contributed by atoms with Gasteiger partial charge in [-0.2, -0.15) is 8.42 Å². The molecule has 0 heterocycles. The minimum atomic E-state index is -4.41. The second-order valence-corrected chi connectivity index (χ2v) is 8.24. The average Bonchev–Trinajstić information content (AvgIpc) is 2.71. The molecule has 0 aliphatic carbocycles. The third-order valence-electron chi connectivity index (χ3n) is 4.51. The third-order valence-corrected chi connectivity index (χ3v) is 5.36. The standard InChI is InChI=1S/C19H25N3O7S/c1-12-6-7-15(8-13(12)2)22(10-17(24)19(26)18(25)11-23)21-20-14-4-3-5-16(9-14)30(27,28)29/h3-9,17-19,23-26H,10-11H2,1-2H3,(H,27,28,29)/t17-,18+,19-/m1/s1. The van der Waals surface area contributed by atoms with Gasteiger partial charge < -0.3 is 20.4 Å². The van der Waals surface area contributed by atoms with E-state index in [0.717, 1.165) is 17.2 Å². The van der Waals surface area contributed by atoms with Crippen LogP contribution in [0.4, 0.5) is 11.4 Å². The van der Waals surface area contributed by atoms with Gasteiger partial charge in [0.2, 0.25) is 0 Å². The van der Waals surface area contributed by atoms with E-state index in [2.05, 4.69) is 10.3 Å². The highest BCUT2D eigenvalue weighted by molar-refractivity contribution is 7.85. The fourth-order valence-electron chi connectivity index (χ4n) is 2.54. The molecule has 164 valence electrons. The Morgan fingerprint density at radius 1 is 1.00 bits per heavy atom. The number of hydrogen-bond acceptors (Lipinski definition) is 8. The predicted octanol–water partition coefficient (Wildman–Crippen LogP) is 1.13. The maximum absolute atomic E-state index is 11.3. The lowest BCUT2D eigenvalue weighted by Crippen LogP contribution is -2.44. The lowest BCUT2D eigenvalue weighted by Gasteiger charge is -2.26. The molecule has 0 saturated heterocycles. The number of anilines is 1. The zero-order valence-corrected chi connectivity index (χ0v) is 17.3. The highest BCUT2D eigenvalue weighted by Crippen LogP contribution is 2.23. The van der Waals surface area contributed by atoms with Gasteiger partial charge in [0.05, 0.1) is 29.4 Å². The molecule has 0 fully saturated rings. The Bertz CT molecular complexity index is 997. The normalized spacial score (nSPS) is 15.2. The van der Waals surface area contributed by atoms with E-state index in [9.17, 15) is 23.7 Å². The summed E-state index contributed by atoms with van der Waals surface area (Å²) in [6.45, 7) is 2.79. The maximum atomic E-state index is 11.3. The Morgan fingerprint density at radius 3 is 2.30 bits per heavy atom.